The number of nitrogens with one attached hydrogen (secondary N) is 1. The van der Waals surface area contributed by atoms with Gasteiger partial charge in [0.15, 0.2) is 0 Å². The third-order valence-electron chi connectivity index (χ3n) is 2.86. The van der Waals surface area contributed by atoms with Crippen molar-refractivity contribution >= 4 is 17.3 Å². The van der Waals surface area contributed by atoms with Crippen molar-refractivity contribution in [2.45, 2.75) is 6.92 Å². The maximum absolute atomic E-state index is 11.9. The third kappa shape index (κ3) is 3.50. The zero-order chi connectivity index (χ0) is 15.4. The predicted molar refractivity (Wildman–Crippen MR) is 80.3 cm³/mol. The second-order valence-electron chi connectivity index (χ2n) is 4.47. The summed E-state index contributed by atoms with van der Waals surface area (Å²) in [7, 11) is 0. The number of carbonyl (C=O) groups is 1. The molecule has 21 heavy (non-hydrogen) atoms. The lowest BCUT2D eigenvalue weighted by Crippen LogP contribution is -2.19. The number of hydrogen-bond donors (Lipinski definition) is 4. The largest absolute Gasteiger partial charge is 0.508 e. The summed E-state index contributed by atoms with van der Waals surface area (Å²) in [6, 6.07) is 10.8. The monoisotopic (exact) mass is 285 g/mol. The highest BCUT2D eigenvalue weighted by Gasteiger charge is 2.11. The van der Waals surface area contributed by atoms with Crippen LogP contribution in [0.3, 0.4) is 0 Å². The zero-order valence-electron chi connectivity index (χ0n) is 11.4. The molecule has 0 atom stereocenters. The Morgan fingerprint density at radius 3 is 2.62 bits per heavy atom. The molecule has 0 bridgehead atoms. The second-order valence-corrected chi connectivity index (χ2v) is 4.47. The molecule has 6 heteroatoms. The van der Waals surface area contributed by atoms with Crippen molar-refractivity contribution in [2.75, 3.05) is 5.73 Å². The lowest BCUT2D eigenvalue weighted by Gasteiger charge is -2.05. The Kier molecular flexibility index (Phi) is 4.08. The van der Waals surface area contributed by atoms with Crippen molar-refractivity contribution in [3.63, 3.8) is 0 Å². The molecule has 108 valence electrons. The Morgan fingerprint density at radius 2 is 1.95 bits per heavy atom. The van der Waals surface area contributed by atoms with Crippen molar-refractivity contribution in [3.8, 4) is 11.5 Å². The van der Waals surface area contributed by atoms with Gasteiger partial charge in [-0.1, -0.05) is 12.1 Å². The van der Waals surface area contributed by atoms with Crippen LogP contribution < -0.4 is 11.2 Å². The quantitative estimate of drug-likeness (QED) is 0.392. The summed E-state index contributed by atoms with van der Waals surface area (Å²) >= 11 is 0. The number of phenolic OH excluding ortho intramolecular Hbond substituents is 2. The number of hydrogen-bond acceptors (Lipinski definition) is 5. The van der Waals surface area contributed by atoms with Gasteiger partial charge in [-0.25, -0.2) is 5.43 Å². The van der Waals surface area contributed by atoms with Crippen molar-refractivity contribution in [2.24, 2.45) is 5.10 Å². The highest BCUT2D eigenvalue weighted by molar-refractivity contribution is 6.02. The predicted octanol–water partition coefficient (Wildman–Crippen LogP) is 1.83. The molecular formula is C15H15N3O3. The van der Waals surface area contributed by atoms with Gasteiger partial charge < -0.3 is 15.9 Å². The van der Waals surface area contributed by atoms with Gasteiger partial charge in [-0.3, -0.25) is 4.79 Å². The first-order valence-electron chi connectivity index (χ1n) is 6.20. The van der Waals surface area contributed by atoms with Gasteiger partial charge in [-0.05, 0) is 36.8 Å². The van der Waals surface area contributed by atoms with E-state index in [0.717, 1.165) is 11.6 Å². The highest BCUT2D eigenvalue weighted by Crippen LogP contribution is 2.22. The lowest BCUT2D eigenvalue weighted by atomic mass is 10.1. The molecule has 0 aliphatic rings. The van der Waals surface area contributed by atoms with Crippen LogP contribution in [0.15, 0.2) is 47.6 Å². The van der Waals surface area contributed by atoms with E-state index in [9.17, 15) is 15.0 Å². The maximum atomic E-state index is 11.9. The van der Waals surface area contributed by atoms with E-state index in [2.05, 4.69) is 10.5 Å². The van der Waals surface area contributed by atoms with Crippen LogP contribution in [0.25, 0.3) is 0 Å². The SMILES string of the molecule is C/C(=N/NC(=O)c1ccc(O)cc1O)c1cccc(N)c1. The molecule has 0 aromatic heterocycles. The van der Waals surface area contributed by atoms with Gasteiger partial charge in [0.05, 0.1) is 11.3 Å². The van der Waals surface area contributed by atoms with Crippen LogP contribution in [-0.2, 0) is 0 Å². The molecule has 1 amide bonds. The Hall–Kier alpha value is -3.02. The van der Waals surface area contributed by atoms with Crippen LogP contribution in [-0.4, -0.2) is 21.8 Å². The van der Waals surface area contributed by atoms with Crippen molar-refractivity contribution in [3.05, 3.63) is 53.6 Å². The van der Waals surface area contributed by atoms with E-state index in [0.29, 0.717) is 11.4 Å². The molecule has 0 aliphatic carbocycles. The Bertz CT molecular complexity index is 711. The highest BCUT2D eigenvalue weighted by atomic mass is 16.3. The van der Waals surface area contributed by atoms with E-state index in [-0.39, 0.29) is 17.1 Å². The van der Waals surface area contributed by atoms with Gasteiger partial charge in [-0.2, -0.15) is 5.10 Å². The Labute approximate surface area is 121 Å². The van der Waals surface area contributed by atoms with Crippen molar-refractivity contribution < 1.29 is 15.0 Å². The molecule has 2 aromatic carbocycles. The van der Waals surface area contributed by atoms with E-state index >= 15 is 0 Å². The molecular weight excluding hydrogens is 270 g/mol. The number of phenols is 2. The smallest absolute Gasteiger partial charge is 0.275 e. The van der Waals surface area contributed by atoms with Gasteiger partial charge in [0, 0.05) is 11.8 Å². The normalized spacial score (nSPS) is 11.2. The minimum atomic E-state index is -0.573. The minimum Gasteiger partial charge on any atom is -0.508 e. The number of nitrogen functional groups attached to an aromatic ring is 1. The van der Waals surface area contributed by atoms with Crippen LogP contribution in [0, 0.1) is 0 Å². The number of anilines is 1. The summed E-state index contributed by atoms with van der Waals surface area (Å²) in [5.74, 6) is -1.01. The van der Waals surface area contributed by atoms with Gasteiger partial charge in [0.1, 0.15) is 11.5 Å². The fraction of sp³-hybridized carbons (Fsp3) is 0.0667. The lowest BCUT2D eigenvalue weighted by molar-refractivity contribution is 0.0952. The number of benzene rings is 2. The fourth-order valence-corrected chi connectivity index (χ4v) is 1.74. The first-order chi connectivity index (χ1) is 9.97. The molecule has 0 aliphatic heterocycles. The molecule has 2 aromatic rings. The summed E-state index contributed by atoms with van der Waals surface area (Å²) in [4.78, 5) is 11.9. The number of nitrogens with two attached hydrogens (primary N) is 1. The Morgan fingerprint density at radius 1 is 1.19 bits per heavy atom. The van der Waals surface area contributed by atoms with E-state index < -0.39 is 5.91 Å². The molecule has 0 fully saturated rings. The maximum Gasteiger partial charge on any atom is 0.275 e. The molecule has 2 rings (SSSR count). The van der Waals surface area contributed by atoms with Gasteiger partial charge >= 0.3 is 0 Å². The molecule has 0 unspecified atom stereocenters. The van der Waals surface area contributed by atoms with Crippen LogP contribution in [0.5, 0.6) is 11.5 Å². The average Bonchev–Trinajstić information content (AvgIpc) is 2.44. The Balaban J connectivity index is 2.14. The standard InChI is InChI=1S/C15H15N3O3/c1-9(10-3-2-4-11(16)7-10)17-18-15(21)13-6-5-12(19)8-14(13)20/h2-8,19-20H,16H2,1H3,(H,18,21)/b17-9-. The summed E-state index contributed by atoms with van der Waals surface area (Å²) in [6.45, 7) is 1.73. The van der Waals surface area contributed by atoms with Crippen molar-refractivity contribution in [1.82, 2.24) is 5.43 Å². The molecule has 0 saturated heterocycles. The molecule has 0 saturated carbocycles. The van der Waals surface area contributed by atoms with Crippen LogP contribution >= 0.6 is 0 Å². The summed E-state index contributed by atoms with van der Waals surface area (Å²) in [6.07, 6.45) is 0. The van der Waals surface area contributed by atoms with Crippen molar-refractivity contribution in [1.29, 1.82) is 0 Å². The number of nitrogens with zero attached hydrogens (tertiary/aromatic N) is 1. The number of amides is 1. The molecule has 0 radical (unpaired) electrons. The van der Waals surface area contributed by atoms with E-state index in [1.807, 2.05) is 6.07 Å². The topological polar surface area (TPSA) is 108 Å². The zero-order valence-corrected chi connectivity index (χ0v) is 11.4. The summed E-state index contributed by atoms with van der Waals surface area (Å²) < 4.78 is 0. The summed E-state index contributed by atoms with van der Waals surface area (Å²) in [5, 5.41) is 22.7. The molecule has 0 spiro atoms. The molecule has 6 nitrogen and oxygen atoms in total. The minimum absolute atomic E-state index is 0.0249. The van der Waals surface area contributed by atoms with Gasteiger partial charge in [0.2, 0.25) is 0 Å². The van der Waals surface area contributed by atoms with Crippen LogP contribution in [0.4, 0.5) is 5.69 Å². The van der Waals surface area contributed by atoms with Crippen LogP contribution in [0.1, 0.15) is 22.8 Å². The third-order valence-corrected chi connectivity index (χ3v) is 2.86. The number of hydrazone groups is 1. The molecule has 5 N–H and O–H groups in total. The van der Waals surface area contributed by atoms with E-state index in [4.69, 9.17) is 5.73 Å². The molecule has 0 heterocycles. The number of carbonyl (C=O) groups excluding carboxylic acids is 1. The number of rotatable bonds is 3. The average molecular weight is 285 g/mol. The first-order valence-corrected chi connectivity index (χ1v) is 6.20. The second kappa shape index (κ2) is 5.96. The van der Waals surface area contributed by atoms with E-state index in [1.165, 1.54) is 12.1 Å². The summed E-state index contributed by atoms with van der Waals surface area (Å²) in [5.41, 5.74) is 10.0. The van der Waals surface area contributed by atoms with E-state index in [1.54, 1.807) is 25.1 Å². The fourth-order valence-electron chi connectivity index (χ4n) is 1.74. The van der Waals surface area contributed by atoms with Crippen LogP contribution in [0.2, 0.25) is 0 Å². The van der Waals surface area contributed by atoms with Gasteiger partial charge in [0.25, 0.3) is 5.91 Å². The van der Waals surface area contributed by atoms with Gasteiger partial charge in [-0.15, -0.1) is 0 Å². The number of aromatic hydroxyl groups is 2. The first kappa shape index (κ1) is 14.4.